The molecule has 2 aromatic heterocycles. The first kappa shape index (κ1) is 17.3. The SMILES string of the molecule is C=CCO[C@@H]1CCN(C(=O)Cc2ccccn2)[C@H]1Cc1cccnc1. The monoisotopic (exact) mass is 337 g/mol. The maximum absolute atomic E-state index is 12.8. The molecule has 5 heteroatoms. The molecule has 0 aliphatic carbocycles. The van der Waals surface area contributed by atoms with E-state index < -0.39 is 0 Å². The van der Waals surface area contributed by atoms with Crippen LogP contribution in [-0.2, 0) is 22.4 Å². The summed E-state index contributed by atoms with van der Waals surface area (Å²) in [5.74, 6) is 0.0947. The first-order valence-electron chi connectivity index (χ1n) is 8.58. The van der Waals surface area contributed by atoms with Gasteiger partial charge in [-0.25, -0.2) is 0 Å². The van der Waals surface area contributed by atoms with Crippen LogP contribution >= 0.6 is 0 Å². The average Bonchev–Trinajstić information content (AvgIpc) is 3.04. The van der Waals surface area contributed by atoms with Gasteiger partial charge >= 0.3 is 0 Å². The van der Waals surface area contributed by atoms with Crippen molar-refractivity contribution in [1.82, 2.24) is 14.9 Å². The number of pyridine rings is 2. The topological polar surface area (TPSA) is 55.3 Å². The molecule has 0 unspecified atom stereocenters. The molecule has 25 heavy (non-hydrogen) atoms. The van der Waals surface area contributed by atoms with Gasteiger partial charge in [0.15, 0.2) is 0 Å². The minimum atomic E-state index is 0.0142. The first-order valence-corrected chi connectivity index (χ1v) is 8.58. The lowest BCUT2D eigenvalue weighted by Gasteiger charge is -2.28. The van der Waals surface area contributed by atoms with Gasteiger partial charge in [0.2, 0.25) is 5.91 Å². The third-order valence-electron chi connectivity index (χ3n) is 4.46. The second-order valence-electron chi connectivity index (χ2n) is 6.17. The Kier molecular flexibility index (Phi) is 5.90. The van der Waals surface area contributed by atoms with Crippen LogP contribution in [0.25, 0.3) is 0 Å². The molecule has 3 rings (SSSR count). The standard InChI is InChI=1S/C20H23N3O2/c1-2-12-25-19-8-11-23(18(19)13-16-6-5-9-21-15-16)20(24)14-17-7-3-4-10-22-17/h2-7,9-10,15,18-19H,1,8,11-14H2/t18-,19+/m0/s1. The second kappa shape index (κ2) is 8.53. The predicted molar refractivity (Wildman–Crippen MR) is 95.9 cm³/mol. The van der Waals surface area contributed by atoms with E-state index in [2.05, 4.69) is 16.5 Å². The van der Waals surface area contributed by atoms with Crippen molar-refractivity contribution in [3.8, 4) is 0 Å². The van der Waals surface area contributed by atoms with E-state index in [0.717, 1.165) is 24.1 Å². The van der Waals surface area contributed by atoms with Crippen LogP contribution in [0, 0.1) is 0 Å². The minimum absolute atomic E-state index is 0.0142. The van der Waals surface area contributed by atoms with Crippen LogP contribution in [0.4, 0.5) is 0 Å². The number of amides is 1. The third-order valence-corrected chi connectivity index (χ3v) is 4.46. The Balaban J connectivity index is 1.73. The number of nitrogens with zero attached hydrogens (tertiary/aromatic N) is 3. The quantitative estimate of drug-likeness (QED) is 0.728. The van der Waals surface area contributed by atoms with Gasteiger partial charge in [0.25, 0.3) is 0 Å². The number of hydrogen-bond acceptors (Lipinski definition) is 4. The highest BCUT2D eigenvalue weighted by Crippen LogP contribution is 2.25. The van der Waals surface area contributed by atoms with Crippen molar-refractivity contribution in [3.05, 3.63) is 72.8 Å². The average molecular weight is 337 g/mol. The summed E-state index contributed by atoms with van der Waals surface area (Å²) in [4.78, 5) is 23.2. The molecule has 1 fully saturated rings. The molecule has 1 saturated heterocycles. The number of ether oxygens (including phenoxy) is 1. The molecule has 5 nitrogen and oxygen atoms in total. The summed E-state index contributed by atoms with van der Waals surface area (Å²) in [6.07, 6.45) is 8.99. The Bertz CT molecular complexity index is 691. The fourth-order valence-electron chi connectivity index (χ4n) is 3.28. The van der Waals surface area contributed by atoms with Crippen molar-refractivity contribution in [1.29, 1.82) is 0 Å². The highest BCUT2D eigenvalue weighted by molar-refractivity contribution is 5.79. The molecule has 0 aromatic carbocycles. The molecule has 0 bridgehead atoms. The number of likely N-dealkylation sites (tertiary alicyclic amines) is 1. The van der Waals surface area contributed by atoms with E-state index in [1.807, 2.05) is 41.4 Å². The van der Waals surface area contributed by atoms with Gasteiger partial charge in [-0.3, -0.25) is 14.8 Å². The zero-order chi connectivity index (χ0) is 17.5. The van der Waals surface area contributed by atoms with Crippen LogP contribution in [0.5, 0.6) is 0 Å². The van der Waals surface area contributed by atoms with Crippen LogP contribution in [0.1, 0.15) is 17.7 Å². The van der Waals surface area contributed by atoms with Crippen LogP contribution in [0.3, 0.4) is 0 Å². The fraction of sp³-hybridized carbons (Fsp3) is 0.350. The lowest BCUT2D eigenvalue weighted by atomic mass is 10.0. The number of carbonyl (C=O) groups excluding carboxylic acids is 1. The summed E-state index contributed by atoms with van der Waals surface area (Å²) in [5, 5.41) is 0. The van der Waals surface area contributed by atoms with Gasteiger partial charge in [0, 0.05) is 30.8 Å². The third kappa shape index (κ3) is 4.51. The summed E-state index contributed by atoms with van der Waals surface area (Å²) in [6.45, 7) is 4.92. The molecule has 0 radical (unpaired) electrons. The Labute approximate surface area is 148 Å². The van der Waals surface area contributed by atoms with Crippen LogP contribution in [0.15, 0.2) is 61.6 Å². The van der Waals surface area contributed by atoms with Gasteiger partial charge in [0.1, 0.15) is 0 Å². The van der Waals surface area contributed by atoms with Crippen molar-refractivity contribution in [2.75, 3.05) is 13.2 Å². The molecular weight excluding hydrogens is 314 g/mol. The maximum atomic E-state index is 12.8. The Morgan fingerprint density at radius 3 is 2.96 bits per heavy atom. The molecule has 1 aliphatic rings. The van der Waals surface area contributed by atoms with Gasteiger partial charge in [-0.1, -0.05) is 18.2 Å². The molecule has 0 saturated carbocycles. The van der Waals surface area contributed by atoms with Gasteiger partial charge in [-0.2, -0.15) is 0 Å². The van der Waals surface area contributed by atoms with E-state index in [-0.39, 0.29) is 18.1 Å². The largest absolute Gasteiger partial charge is 0.372 e. The summed E-state index contributed by atoms with van der Waals surface area (Å²) in [6, 6.07) is 9.62. The van der Waals surface area contributed by atoms with Crippen molar-refractivity contribution < 1.29 is 9.53 Å². The van der Waals surface area contributed by atoms with E-state index in [4.69, 9.17) is 4.74 Å². The van der Waals surface area contributed by atoms with E-state index in [1.54, 1.807) is 18.5 Å². The zero-order valence-electron chi connectivity index (χ0n) is 14.3. The Morgan fingerprint density at radius 1 is 1.32 bits per heavy atom. The Morgan fingerprint density at radius 2 is 2.24 bits per heavy atom. The summed E-state index contributed by atoms with van der Waals surface area (Å²) < 4.78 is 5.92. The molecule has 0 N–H and O–H groups in total. The van der Waals surface area contributed by atoms with Crippen LogP contribution < -0.4 is 0 Å². The highest BCUT2D eigenvalue weighted by atomic mass is 16.5. The predicted octanol–water partition coefficient (Wildman–Crippen LogP) is 2.43. The Hall–Kier alpha value is -2.53. The minimum Gasteiger partial charge on any atom is -0.372 e. The maximum Gasteiger partial charge on any atom is 0.228 e. The van der Waals surface area contributed by atoms with Crippen LogP contribution in [0.2, 0.25) is 0 Å². The molecule has 1 aliphatic heterocycles. The van der Waals surface area contributed by atoms with E-state index in [0.29, 0.717) is 19.6 Å². The lowest BCUT2D eigenvalue weighted by molar-refractivity contribution is -0.132. The molecule has 3 heterocycles. The smallest absolute Gasteiger partial charge is 0.228 e. The van der Waals surface area contributed by atoms with Crippen molar-refractivity contribution in [3.63, 3.8) is 0 Å². The summed E-state index contributed by atoms with van der Waals surface area (Å²) in [7, 11) is 0. The van der Waals surface area contributed by atoms with E-state index >= 15 is 0 Å². The second-order valence-corrected chi connectivity index (χ2v) is 6.17. The van der Waals surface area contributed by atoms with Gasteiger partial charge in [-0.05, 0) is 36.6 Å². The number of carbonyl (C=O) groups is 1. The normalized spacial score (nSPS) is 19.8. The number of hydrogen-bond donors (Lipinski definition) is 0. The van der Waals surface area contributed by atoms with Crippen molar-refractivity contribution >= 4 is 5.91 Å². The zero-order valence-corrected chi connectivity index (χ0v) is 14.3. The molecule has 2 atom stereocenters. The molecule has 2 aromatic rings. The molecule has 1 amide bonds. The van der Waals surface area contributed by atoms with Crippen LogP contribution in [-0.4, -0.2) is 46.1 Å². The van der Waals surface area contributed by atoms with E-state index in [9.17, 15) is 4.79 Å². The van der Waals surface area contributed by atoms with Crippen molar-refractivity contribution in [2.24, 2.45) is 0 Å². The van der Waals surface area contributed by atoms with Crippen molar-refractivity contribution in [2.45, 2.75) is 31.4 Å². The van der Waals surface area contributed by atoms with Gasteiger partial charge in [-0.15, -0.1) is 6.58 Å². The number of aromatic nitrogens is 2. The lowest BCUT2D eigenvalue weighted by Crippen LogP contribution is -2.42. The molecule has 0 spiro atoms. The number of rotatable bonds is 7. The molecule has 130 valence electrons. The first-order chi connectivity index (χ1) is 12.3. The highest BCUT2D eigenvalue weighted by Gasteiger charge is 2.37. The van der Waals surface area contributed by atoms with E-state index in [1.165, 1.54) is 0 Å². The molecular formula is C20H23N3O2. The summed E-state index contributed by atoms with van der Waals surface area (Å²) >= 11 is 0. The van der Waals surface area contributed by atoms with Gasteiger partial charge < -0.3 is 9.64 Å². The summed E-state index contributed by atoms with van der Waals surface area (Å²) in [5.41, 5.74) is 1.90. The van der Waals surface area contributed by atoms with Gasteiger partial charge in [0.05, 0.1) is 25.2 Å². The fourth-order valence-corrected chi connectivity index (χ4v) is 3.28.